The molecule has 0 aliphatic rings. The molecular formula is C10H15FINS. The Labute approximate surface area is 106 Å². The first-order chi connectivity index (χ1) is 6.22. The molecule has 0 spiro atoms. The van der Waals surface area contributed by atoms with Gasteiger partial charge in [-0.25, -0.2) is 4.39 Å². The Morgan fingerprint density at radius 3 is 2.36 bits per heavy atom. The summed E-state index contributed by atoms with van der Waals surface area (Å²) < 4.78 is 12.6. The van der Waals surface area contributed by atoms with Gasteiger partial charge in [-0.3, -0.25) is 4.90 Å². The van der Waals surface area contributed by atoms with Gasteiger partial charge in [0.2, 0.25) is 0 Å². The van der Waals surface area contributed by atoms with Gasteiger partial charge in [-0.1, -0.05) is 12.1 Å². The normalized spacial score (nSPS) is 10.0. The molecule has 0 saturated heterocycles. The maximum atomic E-state index is 12.6. The van der Waals surface area contributed by atoms with Crippen LogP contribution in [0.15, 0.2) is 24.3 Å². The largest absolute Gasteiger partial charge is 0.293 e. The molecule has 1 nitrogen and oxygen atoms in total. The minimum atomic E-state index is -0.170. The molecule has 0 bridgehead atoms. The van der Waals surface area contributed by atoms with Crippen molar-refractivity contribution in [1.29, 1.82) is 0 Å². The van der Waals surface area contributed by atoms with Crippen LogP contribution < -0.4 is 0 Å². The molecule has 0 saturated carbocycles. The average molecular weight is 327 g/mol. The third-order valence-electron chi connectivity index (χ3n) is 1.72. The Bertz CT molecular complexity index is 253. The third-order valence-corrected chi connectivity index (χ3v) is 2.41. The Kier molecular flexibility index (Phi) is 7.58. The minimum Gasteiger partial charge on any atom is -0.293 e. The first-order valence-corrected chi connectivity index (χ1v) is 5.53. The Balaban J connectivity index is 0.00000169. The van der Waals surface area contributed by atoms with Gasteiger partial charge in [0, 0.05) is 12.4 Å². The van der Waals surface area contributed by atoms with Crippen molar-refractivity contribution in [3.05, 3.63) is 35.6 Å². The number of nitrogens with zero attached hydrogens (tertiary/aromatic N) is 1. The van der Waals surface area contributed by atoms with Crippen LogP contribution in [0.1, 0.15) is 5.56 Å². The van der Waals surface area contributed by atoms with Crippen LogP contribution in [0.4, 0.5) is 4.39 Å². The van der Waals surface area contributed by atoms with E-state index in [1.165, 1.54) is 12.1 Å². The molecule has 0 amide bonds. The standard InChI is InChI=1S/C10H14FNS.HI/c1-12(8-13-2)7-9-3-5-10(11)6-4-9;/h3-6H,7-8H2,1-2H3;1H. The van der Waals surface area contributed by atoms with E-state index >= 15 is 0 Å². The summed E-state index contributed by atoms with van der Waals surface area (Å²) in [4.78, 5) is 2.19. The number of halogens is 2. The van der Waals surface area contributed by atoms with E-state index in [9.17, 15) is 4.39 Å². The summed E-state index contributed by atoms with van der Waals surface area (Å²) in [6.07, 6.45) is 2.07. The molecule has 4 heteroatoms. The van der Waals surface area contributed by atoms with E-state index in [0.29, 0.717) is 0 Å². The van der Waals surface area contributed by atoms with E-state index < -0.39 is 0 Å². The molecule has 1 rings (SSSR count). The zero-order valence-corrected chi connectivity index (χ0v) is 11.5. The molecule has 0 atom stereocenters. The van der Waals surface area contributed by atoms with Crippen molar-refractivity contribution in [2.75, 3.05) is 19.2 Å². The SMILES string of the molecule is CSCN(C)Cc1ccc(F)cc1.I. The lowest BCUT2D eigenvalue weighted by atomic mass is 10.2. The summed E-state index contributed by atoms with van der Waals surface area (Å²) in [7, 11) is 2.06. The van der Waals surface area contributed by atoms with Crippen LogP contribution >= 0.6 is 35.7 Å². The summed E-state index contributed by atoms with van der Waals surface area (Å²) in [6.45, 7) is 0.876. The first-order valence-electron chi connectivity index (χ1n) is 4.14. The van der Waals surface area contributed by atoms with E-state index in [0.717, 1.165) is 18.0 Å². The lowest BCUT2D eigenvalue weighted by Gasteiger charge is -2.14. The van der Waals surface area contributed by atoms with Gasteiger partial charge in [0.25, 0.3) is 0 Å². The van der Waals surface area contributed by atoms with Gasteiger partial charge in [0.15, 0.2) is 0 Å². The van der Waals surface area contributed by atoms with Crippen molar-refractivity contribution < 1.29 is 4.39 Å². The van der Waals surface area contributed by atoms with Crippen molar-refractivity contribution in [1.82, 2.24) is 4.90 Å². The summed E-state index contributed by atoms with van der Waals surface area (Å²) in [6, 6.07) is 6.66. The minimum absolute atomic E-state index is 0. The Morgan fingerprint density at radius 2 is 1.86 bits per heavy atom. The highest BCUT2D eigenvalue weighted by Gasteiger charge is 1.98. The number of benzene rings is 1. The second kappa shape index (κ2) is 7.48. The fourth-order valence-corrected chi connectivity index (χ4v) is 1.70. The molecule has 1 aromatic rings. The second-order valence-electron chi connectivity index (χ2n) is 3.06. The van der Waals surface area contributed by atoms with Crippen LogP contribution in [0.3, 0.4) is 0 Å². The van der Waals surface area contributed by atoms with Crippen LogP contribution in [0, 0.1) is 5.82 Å². The van der Waals surface area contributed by atoms with Crippen molar-refractivity contribution in [3.8, 4) is 0 Å². The van der Waals surface area contributed by atoms with Gasteiger partial charge < -0.3 is 0 Å². The quantitative estimate of drug-likeness (QED) is 0.617. The van der Waals surface area contributed by atoms with Gasteiger partial charge in [-0.05, 0) is 31.0 Å². The number of hydrogen-bond donors (Lipinski definition) is 0. The molecule has 0 heterocycles. The van der Waals surface area contributed by atoms with Crippen molar-refractivity contribution in [2.45, 2.75) is 6.54 Å². The van der Waals surface area contributed by atoms with E-state index in [4.69, 9.17) is 0 Å². The molecule has 1 aromatic carbocycles. The lowest BCUT2D eigenvalue weighted by Crippen LogP contribution is -2.16. The zero-order valence-electron chi connectivity index (χ0n) is 8.37. The molecule has 0 aliphatic carbocycles. The molecule has 0 aromatic heterocycles. The van der Waals surface area contributed by atoms with Crippen molar-refractivity contribution in [2.24, 2.45) is 0 Å². The molecule has 0 aliphatic heterocycles. The molecular weight excluding hydrogens is 312 g/mol. The van der Waals surface area contributed by atoms with Gasteiger partial charge in [-0.2, -0.15) is 0 Å². The molecule has 0 unspecified atom stereocenters. The Morgan fingerprint density at radius 1 is 1.29 bits per heavy atom. The maximum Gasteiger partial charge on any atom is 0.123 e. The number of rotatable bonds is 4. The smallest absolute Gasteiger partial charge is 0.123 e. The van der Waals surface area contributed by atoms with E-state index in [1.54, 1.807) is 11.8 Å². The van der Waals surface area contributed by atoms with Crippen LogP contribution in [-0.4, -0.2) is 24.1 Å². The molecule has 14 heavy (non-hydrogen) atoms. The zero-order chi connectivity index (χ0) is 9.68. The monoisotopic (exact) mass is 327 g/mol. The number of thioether (sulfide) groups is 1. The van der Waals surface area contributed by atoms with Crippen LogP contribution in [0.2, 0.25) is 0 Å². The highest BCUT2D eigenvalue weighted by atomic mass is 127. The topological polar surface area (TPSA) is 3.24 Å². The van der Waals surface area contributed by atoms with E-state index in [2.05, 4.69) is 18.2 Å². The highest BCUT2D eigenvalue weighted by Crippen LogP contribution is 2.07. The molecule has 80 valence electrons. The third kappa shape index (κ3) is 5.17. The van der Waals surface area contributed by atoms with E-state index in [1.807, 2.05) is 12.1 Å². The van der Waals surface area contributed by atoms with Crippen molar-refractivity contribution >= 4 is 35.7 Å². The number of hydrogen-bond acceptors (Lipinski definition) is 2. The van der Waals surface area contributed by atoms with Crippen molar-refractivity contribution in [3.63, 3.8) is 0 Å². The predicted octanol–water partition coefficient (Wildman–Crippen LogP) is 3.20. The maximum absolute atomic E-state index is 12.6. The predicted molar refractivity (Wildman–Crippen MR) is 71.7 cm³/mol. The second-order valence-corrected chi connectivity index (χ2v) is 3.89. The van der Waals surface area contributed by atoms with Gasteiger partial charge >= 0.3 is 0 Å². The molecule has 0 radical (unpaired) electrons. The average Bonchev–Trinajstić information content (AvgIpc) is 2.09. The van der Waals surface area contributed by atoms with Crippen LogP contribution in [0.5, 0.6) is 0 Å². The first kappa shape index (κ1) is 14.2. The lowest BCUT2D eigenvalue weighted by molar-refractivity contribution is 0.386. The summed E-state index contributed by atoms with van der Waals surface area (Å²) >= 11 is 1.78. The van der Waals surface area contributed by atoms with Crippen LogP contribution in [-0.2, 0) is 6.54 Å². The van der Waals surface area contributed by atoms with Gasteiger partial charge in [0.1, 0.15) is 5.82 Å². The molecule has 0 N–H and O–H groups in total. The van der Waals surface area contributed by atoms with Gasteiger partial charge in [-0.15, -0.1) is 35.7 Å². The molecule has 0 fully saturated rings. The van der Waals surface area contributed by atoms with E-state index in [-0.39, 0.29) is 29.8 Å². The Hall–Kier alpha value is 0.190. The summed E-state index contributed by atoms with van der Waals surface area (Å²) in [5.41, 5.74) is 1.15. The van der Waals surface area contributed by atoms with Crippen LogP contribution in [0.25, 0.3) is 0 Å². The van der Waals surface area contributed by atoms with Gasteiger partial charge in [0.05, 0.1) is 0 Å². The summed E-state index contributed by atoms with van der Waals surface area (Å²) in [5, 5.41) is 0. The fraction of sp³-hybridized carbons (Fsp3) is 0.400. The fourth-order valence-electron chi connectivity index (χ4n) is 1.17. The highest BCUT2D eigenvalue weighted by molar-refractivity contribution is 14.0. The summed E-state index contributed by atoms with van der Waals surface area (Å²) in [5.74, 6) is 0.827.